The number of rotatable bonds is 6. The molecule has 0 aromatic rings. The SMILES string of the molecule is C#CCCCN(CC(=O)O)C(C)C. The fourth-order valence-corrected chi connectivity index (χ4v) is 1.08. The maximum atomic E-state index is 10.5. The molecule has 0 spiro atoms. The second-order valence-electron chi connectivity index (χ2n) is 3.27. The molecule has 0 aromatic carbocycles. The van der Waals surface area contributed by atoms with Gasteiger partial charge in [0.25, 0.3) is 0 Å². The van der Waals surface area contributed by atoms with Gasteiger partial charge in [0, 0.05) is 12.5 Å². The third-order valence-electron chi connectivity index (χ3n) is 1.84. The lowest BCUT2D eigenvalue weighted by Crippen LogP contribution is -2.36. The number of carboxylic acid groups (broad SMARTS) is 1. The van der Waals surface area contributed by atoms with Crippen LogP contribution >= 0.6 is 0 Å². The normalized spacial score (nSPS) is 10.4. The van der Waals surface area contributed by atoms with Crippen molar-refractivity contribution >= 4 is 5.97 Å². The number of terminal acetylenes is 1. The molecule has 3 heteroatoms. The molecule has 0 saturated heterocycles. The van der Waals surface area contributed by atoms with Crippen LogP contribution in [0.2, 0.25) is 0 Å². The van der Waals surface area contributed by atoms with Gasteiger partial charge in [-0.05, 0) is 26.8 Å². The van der Waals surface area contributed by atoms with E-state index in [1.807, 2.05) is 18.7 Å². The molecule has 0 rings (SSSR count). The van der Waals surface area contributed by atoms with Crippen molar-refractivity contribution in [3.05, 3.63) is 0 Å². The van der Waals surface area contributed by atoms with Crippen LogP contribution in [0.4, 0.5) is 0 Å². The summed E-state index contributed by atoms with van der Waals surface area (Å²) in [6, 6.07) is 0.258. The minimum atomic E-state index is -0.783. The fourth-order valence-electron chi connectivity index (χ4n) is 1.08. The van der Waals surface area contributed by atoms with Crippen molar-refractivity contribution < 1.29 is 9.90 Å². The molecule has 1 N–H and O–H groups in total. The number of carboxylic acids is 1. The van der Waals surface area contributed by atoms with Crippen LogP contribution in [0.15, 0.2) is 0 Å². The molecule has 0 fully saturated rings. The first-order chi connectivity index (χ1) is 6.07. The Balaban J connectivity index is 3.82. The molecule has 13 heavy (non-hydrogen) atoms. The summed E-state index contributed by atoms with van der Waals surface area (Å²) < 4.78 is 0. The molecule has 0 aromatic heterocycles. The van der Waals surface area contributed by atoms with E-state index in [-0.39, 0.29) is 12.6 Å². The maximum Gasteiger partial charge on any atom is 0.317 e. The number of unbranched alkanes of at least 4 members (excludes halogenated alkanes) is 1. The Kier molecular flexibility index (Phi) is 5.99. The van der Waals surface area contributed by atoms with Crippen LogP contribution in [0.3, 0.4) is 0 Å². The molecule has 0 heterocycles. The minimum Gasteiger partial charge on any atom is -0.480 e. The van der Waals surface area contributed by atoms with Gasteiger partial charge in [-0.3, -0.25) is 9.69 Å². The summed E-state index contributed by atoms with van der Waals surface area (Å²) >= 11 is 0. The highest BCUT2D eigenvalue weighted by molar-refractivity contribution is 5.69. The Morgan fingerprint density at radius 3 is 2.62 bits per heavy atom. The van der Waals surface area contributed by atoms with E-state index in [1.165, 1.54) is 0 Å². The molecule has 0 bridgehead atoms. The molecular weight excluding hydrogens is 166 g/mol. The van der Waals surface area contributed by atoms with Crippen LogP contribution in [0.1, 0.15) is 26.7 Å². The van der Waals surface area contributed by atoms with Crippen LogP contribution < -0.4 is 0 Å². The van der Waals surface area contributed by atoms with Crippen LogP contribution in [0, 0.1) is 12.3 Å². The average Bonchev–Trinajstić information content (AvgIpc) is 2.02. The van der Waals surface area contributed by atoms with Gasteiger partial charge in [0.2, 0.25) is 0 Å². The van der Waals surface area contributed by atoms with Gasteiger partial charge in [0.15, 0.2) is 0 Å². The summed E-state index contributed by atoms with van der Waals surface area (Å²) in [6.07, 6.45) is 6.68. The highest BCUT2D eigenvalue weighted by atomic mass is 16.4. The van der Waals surface area contributed by atoms with Gasteiger partial charge in [0.1, 0.15) is 0 Å². The van der Waals surface area contributed by atoms with Crippen LogP contribution in [-0.4, -0.2) is 35.1 Å². The van der Waals surface area contributed by atoms with Gasteiger partial charge in [-0.25, -0.2) is 0 Å². The van der Waals surface area contributed by atoms with Gasteiger partial charge in [-0.1, -0.05) is 0 Å². The summed E-state index contributed by atoms with van der Waals surface area (Å²) in [4.78, 5) is 12.4. The van der Waals surface area contributed by atoms with E-state index in [2.05, 4.69) is 5.92 Å². The highest BCUT2D eigenvalue weighted by Crippen LogP contribution is 2.00. The number of hydrogen-bond donors (Lipinski definition) is 1. The van der Waals surface area contributed by atoms with E-state index in [1.54, 1.807) is 0 Å². The van der Waals surface area contributed by atoms with Crippen molar-refractivity contribution in [2.24, 2.45) is 0 Å². The number of nitrogens with zero attached hydrogens (tertiary/aromatic N) is 1. The molecule has 3 nitrogen and oxygen atoms in total. The second kappa shape index (κ2) is 6.50. The molecular formula is C10H17NO2. The lowest BCUT2D eigenvalue weighted by atomic mass is 10.2. The highest BCUT2D eigenvalue weighted by Gasteiger charge is 2.11. The van der Waals surface area contributed by atoms with Gasteiger partial charge < -0.3 is 5.11 Å². The molecule has 0 radical (unpaired) electrons. The Labute approximate surface area is 79.7 Å². The zero-order valence-electron chi connectivity index (χ0n) is 8.29. The van der Waals surface area contributed by atoms with Crippen molar-refractivity contribution in [3.8, 4) is 12.3 Å². The molecule has 74 valence electrons. The Hall–Kier alpha value is -1.01. The number of aliphatic carboxylic acids is 1. The Morgan fingerprint density at radius 2 is 2.23 bits per heavy atom. The van der Waals surface area contributed by atoms with Gasteiger partial charge >= 0.3 is 5.97 Å². The topological polar surface area (TPSA) is 40.5 Å². The molecule has 0 unspecified atom stereocenters. The van der Waals surface area contributed by atoms with E-state index in [4.69, 9.17) is 11.5 Å². The first-order valence-corrected chi connectivity index (χ1v) is 4.47. The zero-order chi connectivity index (χ0) is 10.3. The molecule has 0 aliphatic heterocycles. The van der Waals surface area contributed by atoms with Crippen LogP contribution in [0.25, 0.3) is 0 Å². The van der Waals surface area contributed by atoms with E-state index in [0.29, 0.717) is 6.42 Å². The van der Waals surface area contributed by atoms with Crippen LogP contribution in [0.5, 0.6) is 0 Å². The molecule has 0 saturated carbocycles. The van der Waals surface area contributed by atoms with Gasteiger partial charge in [-0.2, -0.15) is 0 Å². The van der Waals surface area contributed by atoms with Crippen LogP contribution in [-0.2, 0) is 4.79 Å². The smallest absolute Gasteiger partial charge is 0.317 e. The van der Waals surface area contributed by atoms with Gasteiger partial charge in [0.05, 0.1) is 6.54 Å². The molecule has 0 aliphatic carbocycles. The van der Waals surface area contributed by atoms with E-state index in [0.717, 1.165) is 13.0 Å². The molecule has 0 atom stereocenters. The van der Waals surface area contributed by atoms with E-state index >= 15 is 0 Å². The third-order valence-corrected chi connectivity index (χ3v) is 1.84. The van der Waals surface area contributed by atoms with Crippen molar-refractivity contribution in [3.63, 3.8) is 0 Å². The van der Waals surface area contributed by atoms with E-state index < -0.39 is 5.97 Å². The zero-order valence-corrected chi connectivity index (χ0v) is 8.29. The first kappa shape index (κ1) is 12.0. The third kappa shape index (κ3) is 6.18. The fraction of sp³-hybridized carbons (Fsp3) is 0.700. The van der Waals surface area contributed by atoms with Gasteiger partial charge in [-0.15, -0.1) is 12.3 Å². The average molecular weight is 183 g/mol. The van der Waals surface area contributed by atoms with Crippen molar-refractivity contribution in [2.45, 2.75) is 32.7 Å². The Bertz CT molecular complexity index is 194. The summed E-state index contributed by atoms with van der Waals surface area (Å²) in [5.41, 5.74) is 0. The standard InChI is InChI=1S/C10H17NO2/c1-4-5-6-7-11(9(2)3)8-10(12)13/h1,9H,5-8H2,2-3H3,(H,12,13). The lowest BCUT2D eigenvalue weighted by molar-refractivity contribution is -0.138. The maximum absolute atomic E-state index is 10.5. The number of carbonyl (C=O) groups is 1. The van der Waals surface area contributed by atoms with Crippen molar-refractivity contribution in [2.75, 3.05) is 13.1 Å². The largest absolute Gasteiger partial charge is 0.480 e. The minimum absolute atomic E-state index is 0.0994. The van der Waals surface area contributed by atoms with Crippen molar-refractivity contribution in [1.29, 1.82) is 0 Å². The predicted molar refractivity (Wildman–Crippen MR) is 52.4 cm³/mol. The first-order valence-electron chi connectivity index (χ1n) is 4.47. The number of hydrogen-bond acceptors (Lipinski definition) is 2. The summed E-state index contributed by atoms with van der Waals surface area (Å²) in [5, 5.41) is 8.61. The summed E-state index contributed by atoms with van der Waals surface area (Å²) in [5.74, 6) is 1.76. The summed E-state index contributed by atoms with van der Waals surface area (Å²) in [6.45, 7) is 4.83. The second-order valence-corrected chi connectivity index (χ2v) is 3.27. The molecule has 0 amide bonds. The van der Waals surface area contributed by atoms with Crippen molar-refractivity contribution in [1.82, 2.24) is 4.90 Å². The predicted octanol–water partition coefficient (Wildman–Crippen LogP) is 1.19. The Morgan fingerprint density at radius 1 is 1.62 bits per heavy atom. The quantitative estimate of drug-likeness (QED) is 0.497. The lowest BCUT2D eigenvalue weighted by Gasteiger charge is -2.23. The monoisotopic (exact) mass is 183 g/mol. The summed E-state index contributed by atoms with van der Waals surface area (Å²) in [7, 11) is 0. The van der Waals surface area contributed by atoms with E-state index in [9.17, 15) is 4.79 Å². The molecule has 0 aliphatic rings.